The number of rotatable bonds is 2. The van der Waals surface area contributed by atoms with E-state index in [1.165, 1.54) is 18.2 Å². The standard InChI is InChI=1S/C15H20N2O/c16-13-6-3-4-8-17(10-13)11-14-9-12-5-1-2-7-15(12)18-14/h1-2,5,7,9,13H,3-4,6,8,10-11,16H2/t13-/m0/s1. The zero-order chi connectivity index (χ0) is 12.4. The van der Waals surface area contributed by atoms with Gasteiger partial charge in [0, 0.05) is 18.0 Å². The van der Waals surface area contributed by atoms with E-state index in [1.54, 1.807) is 0 Å². The Bertz CT molecular complexity index is 487. The highest BCUT2D eigenvalue weighted by atomic mass is 16.3. The lowest BCUT2D eigenvalue weighted by atomic mass is 10.2. The average molecular weight is 244 g/mol. The maximum atomic E-state index is 6.08. The smallest absolute Gasteiger partial charge is 0.134 e. The Labute approximate surface area is 108 Å². The molecule has 1 aromatic heterocycles. The van der Waals surface area contributed by atoms with Crippen molar-refractivity contribution in [2.45, 2.75) is 31.8 Å². The molecule has 1 atom stereocenters. The molecule has 0 saturated carbocycles. The van der Waals surface area contributed by atoms with Gasteiger partial charge in [-0.05, 0) is 31.5 Å². The van der Waals surface area contributed by atoms with Gasteiger partial charge in [-0.15, -0.1) is 0 Å². The number of hydrogen-bond acceptors (Lipinski definition) is 3. The van der Waals surface area contributed by atoms with Gasteiger partial charge in [-0.3, -0.25) is 4.90 Å². The van der Waals surface area contributed by atoms with Crippen LogP contribution >= 0.6 is 0 Å². The maximum absolute atomic E-state index is 6.08. The van der Waals surface area contributed by atoms with Crippen LogP contribution in [0.25, 0.3) is 11.0 Å². The number of benzene rings is 1. The van der Waals surface area contributed by atoms with Crippen LogP contribution in [0.2, 0.25) is 0 Å². The van der Waals surface area contributed by atoms with E-state index in [9.17, 15) is 0 Å². The number of nitrogens with zero attached hydrogens (tertiary/aromatic N) is 1. The van der Waals surface area contributed by atoms with Gasteiger partial charge in [-0.25, -0.2) is 0 Å². The average Bonchev–Trinajstić information content (AvgIpc) is 2.65. The molecule has 3 nitrogen and oxygen atoms in total. The molecule has 2 heterocycles. The van der Waals surface area contributed by atoms with E-state index < -0.39 is 0 Å². The molecule has 1 fully saturated rings. The Morgan fingerprint density at radius 1 is 1.28 bits per heavy atom. The van der Waals surface area contributed by atoms with Gasteiger partial charge >= 0.3 is 0 Å². The summed E-state index contributed by atoms with van der Waals surface area (Å²) in [6.07, 6.45) is 3.64. The van der Waals surface area contributed by atoms with Gasteiger partial charge in [0.25, 0.3) is 0 Å². The van der Waals surface area contributed by atoms with Gasteiger partial charge in [0.2, 0.25) is 0 Å². The van der Waals surface area contributed by atoms with Gasteiger partial charge in [0.15, 0.2) is 0 Å². The van der Waals surface area contributed by atoms with Gasteiger partial charge in [-0.2, -0.15) is 0 Å². The molecular weight excluding hydrogens is 224 g/mol. The summed E-state index contributed by atoms with van der Waals surface area (Å²) in [6.45, 7) is 2.99. The first-order valence-electron chi connectivity index (χ1n) is 6.77. The fourth-order valence-electron chi connectivity index (χ4n) is 2.73. The normalized spacial score (nSPS) is 22.2. The van der Waals surface area contributed by atoms with Crippen LogP contribution in [-0.2, 0) is 6.54 Å². The summed E-state index contributed by atoms with van der Waals surface area (Å²) >= 11 is 0. The Kier molecular flexibility index (Phi) is 3.35. The third-order valence-corrected chi connectivity index (χ3v) is 3.65. The van der Waals surface area contributed by atoms with Crippen LogP contribution < -0.4 is 5.73 Å². The molecule has 0 radical (unpaired) electrons. The number of furan rings is 1. The molecule has 0 aliphatic carbocycles. The Morgan fingerprint density at radius 2 is 2.17 bits per heavy atom. The molecule has 0 amide bonds. The molecule has 0 bridgehead atoms. The van der Waals surface area contributed by atoms with Crippen molar-refractivity contribution in [1.29, 1.82) is 0 Å². The molecule has 96 valence electrons. The number of nitrogens with two attached hydrogens (primary N) is 1. The van der Waals surface area contributed by atoms with Crippen LogP contribution in [0.5, 0.6) is 0 Å². The second-order valence-electron chi connectivity index (χ2n) is 5.24. The van der Waals surface area contributed by atoms with Crippen molar-refractivity contribution in [1.82, 2.24) is 4.90 Å². The predicted molar refractivity (Wildman–Crippen MR) is 73.3 cm³/mol. The van der Waals surface area contributed by atoms with Crippen LogP contribution in [0.15, 0.2) is 34.7 Å². The molecule has 18 heavy (non-hydrogen) atoms. The quantitative estimate of drug-likeness (QED) is 0.883. The topological polar surface area (TPSA) is 42.4 Å². The van der Waals surface area contributed by atoms with Crippen molar-refractivity contribution in [2.24, 2.45) is 5.73 Å². The molecule has 1 aromatic carbocycles. The molecule has 1 saturated heterocycles. The van der Waals surface area contributed by atoms with Crippen molar-refractivity contribution in [3.05, 3.63) is 36.1 Å². The minimum absolute atomic E-state index is 0.317. The molecular formula is C15H20N2O. The Morgan fingerprint density at radius 3 is 3.06 bits per heavy atom. The summed E-state index contributed by atoms with van der Waals surface area (Å²) in [5.74, 6) is 1.05. The monoisotopic (exact) mass is 244 g/mol. The third kappa shape index (κ3) is 2.57. The molecule has 1 aliphatic rings. The number of fused-ring (bicyclic) bond motifs is 1. The van der Waals surface area contributed by atoms with E-state index in [0.29, 0.717) is 6.04 Å². The number of likely N-dealkylation sites (tertiary alicyclic amines) is 1. The van der Waals surface area contributed by atoms with Gasteiger partial charge < -0.3 is 10.2 Å². The number of para-hydroxylation sites is 1. The van der Waals surface area contributed by atoms with Crippen LogP contribution in [0, 0.1) is 0 Å². The Balaban J connectivity index is 1.74. The van der Waals surface area contributed by atoms with Crippen molar-refractivity contribution in [3.8, 4) is 0 Å². The molecule has 3 rings (SSSR count). The Hall–Kier alpha value is -1.32. The summed E-state index contributed by atoms with van der Waals surface area (Å²) < 4.78 is 5.86. The van der Waals surface area contributed by atoms with E-state index >= 15 is 0 Å². The van der Waals surface area contributed by atoms with E-state index in [4.69, 9.17) is 10.2 Å². The molecule has 0 spiro atoms. The van der Waals surface area contributed by atoms with Gasteiger partial charge in [0.1, 0.15) is 11.3 Å². The van der Waals surface area contributed by atoms with Crippen LogP contribution in [0.3, 0.4) is 0 Å². The fourth-order valence-corrected chi connectivity index (χ4v) is 2.73. The molecule has 1 aliphatic heterocycles. The highest BCUT2D eigenvalue weighted by Crippen LogP contribution is 2.21. The molecule has 2 aromatic rings. The third-order valence-electron chi connectivity index (χ3n) is 3.65. The van der Waals surface area contributed by atoms with Crippen LogP contribution in [-0.4, -0.2) is 24.0 Å². The van der Waals surface area contributed by atoms with Crippen molar-refractivity contribution in [2.75, 3.05) is 13.1 Å². The van der Waals surface area contributed by atoms with Crippen molar-refractivity contribution >= 4 is 11.0 Å². The lowest BCUT2D eigenvalue weighted by Gasteiger charge is -2.20. The second kappa shape index (κ2) is 5.12. The highest BCUT2D eigenvalue weighted by Gasteiger charge is 2.16. The summed E-state index contributed by atoms with van der Waals surface area (Å²) in [5, 5.41) is 1.19. The van der Waals surface area contributed by atoms with Crippen LogP contribution in [0.4, 0.5) is 0 Å². The van der Waals surface area contributed by atoms with E-state index in [-0.39, 0.29) is 0 Å². The summed E-state index contributed by atoms with van der Waals surface area (Å²) in [5.41, 5.74) is 7.06. The lowest BCUT2D eigenvalue weighted by molar-refractivity contribution is 0.246. The second-order valence-corrected chi connectivity index (χ2v) is 5.24. The van der Waals surface area contributed by atoms with E-state index in [1.807, 2.05) is 18.2 Å². The summed E-state index contributed by atoms with van der Waals surface area (Å²) in [6, 6.07) is 10.6. The largest absolute Gasteiger partial charge is 0.460 e. The summed E-state index contributed by atoms with van der Waals surface area (Å²) in [4.78, 5) is 2.41. The first kappa shape index (κ1) is 11.8. The molecule has 0 unspecified atom stereocenters. The first-order chi connectivity index (χ1) is 8.81. The predicted octanol–water partition coefficient (Wildman–Crippen LogP) is 2.75. The van der Waals surface area contributed by atoms with E-state index in [0.717, 1.165) is 37.4 Å². The SMILES string of the molecule is N[C@H]1CCCCN(Cc2cc3ccccc3o2)C1. The zero-order valence-electron chi connectivity index (χ0n) is 10.6. The minimum atomic E-state index is 0.317. The van der Waals surface area contributed by atoms with Crippen molar-refractivity contribution < 1.29 is 4.42 Å². The van der Waals surface area contributed by atoms with Crippen LogP contribution in [0.1, 0.15) is 25.0 Å². The van der Waals surface area contributed by atoms with E-state index in [2.05, 4.69) is 17.0 Å². The highest BCUT2D eigenvalue weighted by molar-refractivity contribution is 5.77. The lowest BCUT2D eigenvalue weighted by Crippen LogP contribution is -2.35. The zero-order valence-corrected chi connectivity index (χ0v) is 10.6. The number of hydrogen-bond donors (Lipinski definition) is 1. The fraction of sp³-hybridized carbons (Fsp3) is 0.467. The van der Waals surface area contributed by atoms with Crippen molar-refractivity contribution in [3.63, 3.8) is 0 Å². The molecule has 3 heteroatoms. The minimum Gasteiger partial charge on any atom is -0.460 e. The van der Waals surface area contributed by atoms with Gasteiger partial charge in [-0.1, -0.05) is 24.6 Å². The maximum Gasteiger partial charge on any atom is 0.134 e. The van der Waals surface area contributed by atoms with Gasteiger partial charge in [0.05, 0.1) is 6.54 Å². The first-order valence-corrected chi connectivity index (χ1v) is 6.77. The molecule has 2 N–H and O–H groups in total. The summed E-state index contributed by atoms with van der Waals surface area (Å²) in [7, 11) is 0.